The van der Waals surface area contributed by atoms with Crippen molar-refractivity contribution < 1.29 is 24.2 Å². The number of benzene rings is 1. The number of carbonyl (C=O) groups excluding carboxylic acids is 1. The van der Waals surface area contributed by atoms with Crippen LogP contribution in [0.4, 0.5) is 10.5 Å². The molecule has 0 spiro atoms. The highest BCUT2D eigenvalue weighted by Crippen LogP contribution is 2.28. The van der Waals surface area contributed by atoms with Crippen LogP contribution in [0.5, 0.6) is 5.75 Å². The van der Waals surface area contributed by atoms with Crippen molar-refractivity contribution in [3.05, 3.63) is 22.7 Å². The Hall–Kier alpha value is -1.80. The lowest BCUT2D eigenvalue weighted by atomic mass is 9.99. The lowest BCUT2D eigenvalue weighted by molar-refractivity contribution is -0.144. The zero-order chi connectivity index (χ0) is 15.5. The van der Waals surface area contributed by atoms with Gasteiger partial charge in [0.2, 0.25) is 0 Å². The molecule has 1 aliphatic rings. The van der Waals surface area contributed by atoms with E-state index in [4.69, 9.17) is 9.47 Å². The number of amides is 2. The summed E-state index contributed by atoms with van der Waals surface area (Å²) in [5.41, 5.74) is -0.951. The Kier molecular flexibility index (Phi) is 4.69. The second-order valence-electron chi connectivity index (χ2n) is 4.61. The second-order valence-corrected chi connectivity index (χ2v) is 5.53. The minimum Gasteiger partial charge on any atom is -0.495 e. The van der Waals surface area contributed by atoms with Gasteiger partial charge in [-0.15, -0.1) is 0 Å². The third kappa shape index (κ3) is 3.45. The summed E-state index contributed by atoms with van der Waals surface area (Å²) in [6.07, 6.45) is 0.228. The number of hydrogen-bond acceptors (Lipinski definition) is 4. The van der Waals surface area contributed by atoms with E-state index in [1.54, 1.807) is 18.2 Å². The summed E-state index contributed by atoms with van der Waals surface area (Å²) in [5, 5.41) is 14.3. The molecule has 1 fully saturated rings. The number of carboxylic acid groups (broad SMARTS) is 1. The Morgan fingerprint density at radius 1 is 1.48 bits per heavy atom. The van der Waals surface area contributed by atoms with E-state index in [1.165, 1.54) is 7.11 Å². The topological polar surface area (TPSA) is 96.9 Å². The van der Waals surface area contributed by atoms with Gasteiger partial charge in [0.1, 0.15) is 5.75 Å². The predicted octanol–water partition coefficient (Wildman–Crippen LogP) is 1.82. The first-order valence-electron chi connectivity index (χ1n) is 6.21. The number of ether oxygens (including phenoxy) is 2. The second kappa shape index (κ2) is 6.31. The smallest absolute Gasteiger partial charge is 0.332 e. The average Bonchev–Trinajstić information content (AvgIpc) is 2.88. The summed E-state index contributed by atoms with van der Waals surface area (Å²) in [6, 6.07) is 4.49. The van der Waals surface area contributed by atoms with Crippen LogP contribution in [0.25, 0.3) is 0 Å². The standard InChI is InChI=1S/C13H15BrN2O5/c1-20-10-3-2-8(14)6-9(10)15-12(19)16-13(11(17)18)4-5-21-7-13/h2-3,6H,4-5,7H2,1H3,(H,17,18)(H2,15,16,19). The van der Waals surface area contributed by atoms with Gasteiger partial charge in [-0.1, -0.05) is 15.9 Å². The molecular weight excluding hydrogens is 344 g/mol. The highest BCUT2D eigenvalue weighted by atomic mass is 79.9. The van der Waals surface area contributed by atoms with Crippen LogP contribution in [-0.2, 0) is 9.53 Å². The van der Waals surface area contributed by atoms with Crippen LogP contribution < -0.4 is 15.4 Å². The SMILES string of the molecule is COc1ccc(Br)cc1NC(=O)NC1(C(=O)O)CCOC1. The minimum atomic E-state index is -1.39. The van der Waals surface area contributed by atoms with E-state index in [1.807, 2.05) is 0 Å². The van der Waals surface area contributed by atoms with Gasteiger partial charge in [-0.25, -0.2) is 9.59 Å². The van der Waals surface area contributed by atoms with E-state index in [-0.39, 0.29) is 13.0 Å². The van der Waals surface area contributed by atoms with Crippen molar-refractivity contribution in [1.29, 1.82) is 0 Å². The maximum absolute atomic E-state index is 12.0. The maximum Gasteiger partial charge on any atom is 0.332 e. The zero-order valence-corrected chi connectivity index (χ0v) is 12.9. The van der Waals surface area contributed by atoms with E-state index in [9.17, 15) is 14.7 Å². The van der Waals surface area contributed by atoms with Crippen molar-refractivity contribution in [2.45, 2.75) is 12.0 Å². The minimum absolute atomic E-state index is 0.0502. The number of carbonyl (C=O) groups is 2. The first-order valence-corrected chi connectivity index (χ1v) is 7.00. The molecule has 21 heavy (non-hydrogen) atoms. The first-order chi connectivity index (χ1) is 9.97. The molecule has 1 aromatic carbocycles. The molecule has 0 saturated carbocycles. The molecule has 1 atom stereocenters. The fourth-order valence-electron chi connectivity index (χ4n) is 2.03. The first kappa shape index (κ1) is 15.6. The van der Waals surface area contributed by atoms with E-state index < -0.39 is 17.5 Å². The normalized spacial score (nSPS) is 20.9. The Morgan fingerprint density at radius 3 is 2.81 bits per heavy atom. The monoisotopic (exact) mass is 358 g/mol. The average molecular weight is 359 g/mol. The molecule has 1 unspecified atom stereocenters. The number of rotatable bonds is 4. The van der Waals surface area contributed by atoms with E-state index >= 15 is 0 Å². The lowest BCUT2D eigenvalue weighted by Crippen LogP contribution is -2.56. The molecular formula is C13H15BrN2O5. The zero-order valence-electron chi connectivity index (χ0n) is 11.3. The Morgan fingerprint density at radius 2 is 2.24 bits per heavy atom. The summed E-state index contributed by atoms with van der Waals surface area (Å²) in [4.78, 5) is 23.4. The van der Waals surface area contributed by atoms with Crippen molar-refractivity contribution in [2.75, 3.05) is 25.6 Å². The molecule has 1 saturated heterocycles. The third-order valence-electron chi connectivity index (χ3n) is 3.19. The van der Waals surface area contributed by atoms with E-state index in [0.29, 0.717) is 18.0 Å². The molecule has 8 heteroatoms. The van der Waals surface area contributed by atoms with Crippen LogP contribution in [0.3, 0.4) is 0 Å². The van der Waals surface area contributed by atoms with E-state index in [0.717, 1.165) is 4.47 Å². The molecule has 7 nitrogen and oxygen atoms in total. The highest BCUT2D eigenvalue weighted by molar-refractivity contribution is 9.10. The van der Waals surface area contributed by atoms with Crippen molar-refractivity contribution in [3.8, 4) is 5.75 Å². The van der Waals surface area contributed by atoms with Crippen molar-refractivity contribution >= 4 is 33.6 Å². The third-order valence-corrected chi connectivity index (χ3v) is 3.69. The summed E-state index contributed by atoms with van der Waals surface area (Å²) in [7, 11) is 1.48. The molecule has 1 aromatic rings. The van der Waals surface area contributed by atoms with Gasteiger partial charge in [0.15, 0.2) is 5.54 Å². The largest absolute Gasteiger partial charge is 0.495 e. The fraction of sp³-hybridized carbons (Fsp3) is 0.385. The molecule has 2 rings (SSSR count). The molecule has 0 bridgehead atoms. The molecule has 0 aliphatic carbocycles. The van der Waals surface area contributed by atoms with Crippen LogP contribution in [-0.4, -0.2) is 43.0 Å². The van der Waals surface area contributed by atoms with Crippen molar-refractivity contribution in [1.82, 2.24) is 5.32 Å². The molecule has 114 valence electrons. The highest BCUT2D eigenvalue weighted by Gasteiger charge is 2.44. The number of urea groups is 1. The quantitative estimate of drug-likeness (QED) is 0.762. The van der Waals surface area contributed by atoms with Crippen molar-refractivity contribution in [2.24, 2.45) is 0 Å². The Balaban J connectivity index is 2.11. The molecule has 1 heterocycles. The van der Waals surface area contributed by atoms with Crippen LogP contribution in [0.15, 0.2) is 22.7 Å². The van der Waals surface area contributed by atoms with Gasteiger partial charge in [0.05, 0.1) is 19.4 Å². The number of methoxy groups -OCH3 is 1. The number of anilines is 1. The van der Waals surface area contributed by atoms with Gasteiger partial charge in [-0.2, -0.15) is 0 Å². The lowest BCUT2D eigenvalue weighted by Gasteiger charge is -2.24. The van der Waals surface area contributed by atoms with Crippen molar-refractivity contribution in [3.63, 3.8) is 0 Å². The van der Waals surface area contributed by atoms with Gasteiger partial charge in [0.25, 0.3) is 0 Å². The van der Waals surface area contributed by atoms with Gasteiger partial charge >= 0.3 is 12.0 Å². The molecule has 0 aromatic heterocycles. The molecule has 3 N–H and O–H groups in total. The Labute approximate surface area is 129 Å². The summed E-state index contributed by atoms with van der Waals surface area (Å²) < 4.78 is 11.0. The summed E-state index contributed by atoms with van der Waals surface area (Å²) in [6.45, 7) is 0.248. The van der Waals surface area contributed by atoms with Crippen LogP contribution in [0.2, 0.25) is 0 Å². The summed E-state index contributed by atoms with van der Waals surface area (Å²) >= 11 is 3.30. The molecule has 0 radical (unpaired) electrons. The Bertz CT molecular complexity index is 557. The van der Waals surface area contributed by atoms with Crippen LogP contribution >= 0.6 is 15.9 Å². The fourth-order valence-corrected chi connectivity index (χ4v) is 2.40. The number of hydrogen-bond donors (Lipinski definition) is 3. The van der Waals surface area contributed by atoms with E-state index in [2.05, 4.69) is 26.6 Å². The van der Waals surface area contributed by atoms with Gasteiger partial charge in [-0.05, 0) is 18.2 Å². The predicted molar refractivity (Wildman–Crippen MR) is 78.7 cm³/mol. The summed E-state index contributed by atoms with van der Waals surface area (Å²) in [5.74, 6) is -0.642. The number of halogens is 1. The van der Waals surface area contributed by atoms with Gasteiger partial charge < -0.3 is 25.2 Å². The maximum atomic E-state index is 12.0. The number of aliphatic carboxylic acids is 1. The molecule has 2 amide bonds. The van der Waals surface area contributed by atoms with Crippen LogP contribution in [0.1, 0.15) is 6.42 Å². The number of nitrogens with one attached hydrogen (secondary N) is 2. The molecule has 1 aliphatic heterocycles. The van der Waals surface area contributed by atoms with Crippen LogP contribution in [0, 0.1) is 0 Å². The number of carboxylic acids is 1. The van der Waals surface area contributed by atoms with Gasteiger partial charge in [0, 0.05) is 17.5 Å². The van der Waals surface area contributed by atoms with Gasteiger partial charge in [-0.3, -0.25) is 0 Å².